The van der Waals surface area contributed by atoms with E-state index in [1.807, 2.05) is 24.3 Å². The number of H-pyrrole nitrogens is 1. The highest BCUT2D eigenvalue weighted by Gasteiger charge is 2.24. The fourth-order valence-corrected chi connectivity index (χ4v) is 3.98. The van der Waals surface area contributed by atoms with Crippen LogP contribution in [0.2, 0.25) is 0 Å². The number of fused-ring (bicyclic) bond motifs is 1. The largest absolute Gasteiger partial charge is 0.354 e. The minimum Gasteiger partial charge on any atom is -0.354 e. The van der Waals surface area contributed by atoms with E-state index < -0.39 is 5.91 Å². The maximum Gasteiger partial charge on any atom is 0.282 e. The monoisotopic (exact) mass is 392 g/mol. The van der Waals surface area contributed by atoms with Gasteiger partial charge in [-0.3, -0.25) is 10.1 Å². The highest BCUT2D eigenvalue weighted by Crippen LogP contribution is 2.42. The second-order valence-electron chi connectivity index (χ2n) is 7.68. The van der Waals surface area contributed by atoms with Crippen molar-refractivity contribution in [1.29, 1.82) is 5.26 Å². The lowest BCUT2D eigenvalue weighted by molar-refractivity contribution is 0.0967. The van der Waals surface area contributed by atoms with Crippen molar-refractivity contribution in [3.8, 4) is 17.5 Å². The number of pyridine rings is 1. The molecule has 1 aliphatic carbocycles. The zero-order valence-corrected chi connectivity index (χ0v) is 16.4. The molecule has 1 amide bonds. The Bertz CT molecular complexity index is 1280. The van der Waals surface area contributed by atoms with Crippen LogP contribution in [0, 0.1) is 11.5 Å². The molecule has 0 spiro atoms. The first-order chi connectivity index (χ1) is 14.7. The number of hydrogen-bond acceptors (Lipinski definition) is 3. The number of hydrogen-bond donors (Lipinski definition) is 2. The molecular formula is C25H20N4O. The van der Waals surface area contributed by atoms with Gasteiger partial charge < -0.3 is 4.98 Å². The SMILES string of the molecule is N#CNC(=O)c1cccc(Cc2c(-c3ccccc3)[nH]c3cc(C4CC4)ccc23)n1. The summed E-state index contributed by atoms with van der Waals surface area (Å²) in [6, 6.07) is 22.3. The van der Waals surface area contributed by atoms with Crippen LogP contribution in [0.15, 0.2) is 66.7 Å². The first kappa shape index (κ1) is 18.1. The minimum atomic E-state index is -0.490. The Labute approximate surface area is 174 Å². The second kappa shape index (κ2) is 7.49. The van der Waals surface area contributed by atoms with Gasteiger partial charge in [0.2, 0.25) is 0 Å². The van der Waals surface area contributed by atoms with Crippen LogP contribution in [0.5, 0.6) is 0 Å². The summed E-state index contributed by atoms with van der Waals surface area (Å²) in [6.45, 7) is 0. The van der Waals surface area contributed by atoms with Gasteiger partial charge in [-0.05, 0) is 53.6 Å². The second-order valence-corrected chi connectivity index (χ2v) is 7.68. The van der Waals surface area contributed by atoms with E-state index in [-0.39, 0.29) is 5.69 Å². The molecule has 146 valence electrons. The number of carbonyl (C=O) groups is 1. The number of nitrogens with one attached hydrogen (secondary N) is 2. The molecule has 5 heteroatoms. The zero-order valence-electron chi connectivity index (χ0n) is 16.4. The van der Waals surface area contributed by atoms with Gasteiger partial charge >= 0.3 is 0 Å². The first-order valence-corrected chi connectivity index (χ1v) is 10.1. The molecule has 5 rings (SSSR count). The molecule has 2 N–H and O–H groups in total. The van der Waals surface area contributed by atoms with E-state index in [1.54, 1.807) is 18.3 Å². The van der Waals surface area contributed by atoms with Crippen molar-refractivity contribution < 1.29 is 4.79 Å². The van der Waals surface area contributed by atoms with Crippen LogP contribution in [0.25, 0.3) is 22.2 Å². The van der Waals surface area contributed by atoms with E-state index in [0.717, 1.165) is 28.0 Å². The number of aromatic amines is 1. The Morgan fingerprint density at radius 3 is 2.70 bits per heavy atom. The molecule has 1 saturated carbocycles. The Kier molecular flexibility index (Phi) is 4.53. The Hall–Kier alpha value is -3.91. The molecule has 5 nitrogen and oxygen atoms in total. The fraction of sp³-hybridized carbons (Fsp3) is 0.160. The van der Waals surface area contributed by atoms with Crippen LogP contribution in [0.4, 0.5) is 0 Å². The number of benzene rings is 2. The summed E-state index contributed by atoms with van der Waals surface area (Å²) in [4.78, 5) is 20.1. The van der Waals surface area contributed by atoms with Crippen molar-refractivity contribution in [2.24, 2.45) is 0 Å². The summed E-state index contributed by atoms with van der Waals surface area (Å²) in [5.74, 6) is 0.203. The summed E-state index contributed by atoms with van der Waals surface area (Å²) in [5, 5.41) is 12.0. The lowest BCUT2D eigenvalue weighted by Crippen LogP contribution is -2.19. The standard InChI is InChI=1S/C25H20N4O/c26-15-27-25(30)22-8-4-7-19(28-22)14-21-20-12-11-18(16-9-10-16)13-23(20)29-24(21)17-5-2-1-3-6-17/h1-8,11-13,16,29H,9-10,14H2,(H,27,30). The molecule has 2 heterocycles. The predicted octanol–water partition coefficient (Wildman–Crippen LogP) is 4.91. The molecule has 0 radical (unpaired) electrons. The first-order valence-electron chi connectivity index (χ1n) is 10.1. The van der Waals surface area contributed by atoms with Crippen molar-refractivity contribution in [3.05, 3.63) is 89.2 Å². The van der Waals surface area contributed by atoms with Gasteiger partial charge in [0.1, 0.15) is 5.69 Å². The molecule has 2 aromatic carbocycles. The third-order valence-electron chi connectivity index (χ3n) is 5.61. The van der Waals surface area contributed by atoms with Gasteiger partial charge in [-0.2, -0.15) is 5.26 Å². The van der Waals surface area contributed by atoms with Crippen molar-refractivity contribution in [3.63, 3.8) is 0 Å². The Balaban J connectivity index is 1.60. The summed E-state index contributed by atoms with van der Waals surface area (Å²) in [6.07, 6.45) is 4.78. The van der Waals surface area contributed by atoms with Crippen LogP contribution in [-0.2, 0) is 6.42 Å². The number of nitriles is 1. The molecule has 0 aliphatic heterocycles. The lowest BCUT2D eigenvalue weighted by Gasteiger charge is -2.07. The average Bonchev–Trinajstić information content (AvgIpc) is 3.57. The summed E-state index contributed by atoms with van der Waals surface area (Å²) in [5.41, 5.74) is 6.90. The topological polar surface area (TPSA) is 81.6 Å². The van der Waals surface area contributed by atoms with E-state index in [9.17, 15) is 4.79 Å². The van der Waals surface area contributed by atoms with E-state index in [1.165, 1.54) is 23.8 Å². The quantitative estimate of drug-likeness (QED) is 0.374. The van der Waals surface area contributed by atoms with Crippen molar-refractivity contribution in [1.82, 2.24) is 15.3 Å². The zero-order chi connectivity index (χ0) is 20.5. The number of carbonyl (C=O) groups excluding carboxylic acids is 1. The van der Waals surface area contributed by atoms with Gasteiger partial charge in [0.15, 0.2) is 6.19 Å². The lowest BCUT2D eigenvalue weighted by atomic mass is 9.99. The van der Waals surface area contributed by atoms with E-state index >= 15 is 0 Å². The maximum atomic E-state index is 12.0. The van der Waals surface area contributed by atoms with Crippen LogP contribution < -0.4 is 5.32 Å². The molecular weight excluding hydrogens is 372 g/mol. The summed E-state index contributed by atoms with van der Waals surface area (Å²) in [7, 11) is 0. The molecule has 4 aromatic rings. The molecule has 0 saturated heterocycles. The predicted molar refractivity (Wildman–Crippen MR) is 116 cm³/mol. The number of rotatable bonds is 5. The average molecular weight is 392 g/mol. The molecule has 1 fully saturated rings. The number of aromatic nitrogens is 2. The number of amides is 1. The van der Waals surface area contributed by atoms with Gasteiger partial charge in [0, 0.05) is 23.0 Å². The fourth-order valence-electron chi connectivity index (χ4n) is 3.98. The molecule has 0 bridgehead atoms. The van der Waals surface area contributed by atoms with Crippen LogP contribution >= 0.6 is 0 Å². The van der Waals surface area contributed by atoms with Crippen LogP contribution in [0.3, 0.4) is 0 Å². The Morgan fingerprint density at radius 1 is 1.10 bits per heavy atom. The smallest absolute Gasteiger partial charge is 0.282 e. The van der Waals surface area contributed by atoms with Gasteiger partial charge in [-0.15, -0.1) is 0 Å². The third-order valence-corrected chi connectivity index (χ3v) is 5.61. The molecule has 2 aromatic heterocycles. The highest BCUT2D eigenvalue weighted by molar-refractivity contribution is 5.93. The summed E-state index contributed by atoms with van der Waals surface area (Å²) < 4.78 is 0. The van der Waals surface area contributed by atoms with Crippen molar-refractivity contribution in [2.45, 2.75) is 25.2 Å². The van der Waals surface area contributed by atoms with Gasteiger partial charge in [0.25, 0.3) is 5.91 Å². The molecule has 30 heavy (non-hydrogen) atoms. The molecule has 0 atom stereocenters. The van der Waals surface area contributed by atoms with Crippen molar-refractivity contribution >= 4 is 16.8 Å². The van der Waals surface area contributed by atoms with Crippen molar-refractivity contribution in [2.75, 3.05) is 0 Å². The van der Waals surface area contributed by atoms with E-state index in [0.29, 0.717) is 12.3 Å². The summed E-state index contributed by atoms with van der Waals surface area (Å²) >= 11 is 0. The van der Waals surface area contributed by atoms with E-state index in [4.69, 9.17) is 5.26 Å². The van der Waals surface area contributed by atoms with Crippen LogP contribution in [-0.4, -0.2) is 15.9 Å². The van der Waals surface area contributed by atoms with Crippen LogP contribution in [0.1, 0.15) is 46.1 Å². The van der Waals surface area contributed by atoms with E-state index in [2.05, 4.69) is 45.6 Å². The highest BCUT2D eigenvalue weighted by atomic mass is 16.1. The van der Waals surface area contributed by atoms with Gasteiger partial charge in [-0.1, -0.05) is 48.5 Å². The molecule has 0 unspecified atom stereocenters. The van der Waals surface area contributed by atoms with Gasteiger partial charge in [-0.25, -0.2) is 4.98 Å². The Morgan fingerprint density at radius 2 is 1.93 bits per heavy atom. The molecule has 1 aliphatic rings. The van der Waals surface area contributed by atoms with Gasteiger partial charge in [0.05, 0.1) is 5.69 Å². The third kappa shape index (κ3) is 3.44. The maximum absolute atomic E-state index is 12.0. The normalized spacial score (nSPS) is 13.2. The number of nitrogens with zero attached hydrogens (tertiary/aromatic N) is 2. The minimum absolute atomic E-state index is 0.242.